The molecule has 0 radical (unpaired) electrons. The van der Waals surface area contributed by atoms with Gasteiger partial charge in [0.15, 0.2) is 0 Å². The monoisotopic (exact) mass is 235 g/mol. The number of hydrogen-bond donors (Lipinski definition) is 1. The van der Waals surface area contributed by atoms with E-state index >= 15 is 0 Å². The van der Waals surface area contributed by atoms with Gasteiger partial charge in [0.1, 0.15) is 0 Å². The third-order valence-corrected chi connectivity index (χ3v) is 3.83. The fourth-order valence-corrected chi connectivity index (χ4v) is 1.78. The van der Waals surface area contributed by atoms with E-state index in [0.717, 1.165) is 16.7 Å². The molecule has 0 bridgehead atoms. The topological polar surface area (TPSA) is 44.5 Å². The Balaban J connectivity index is 0.00000162. The molecule has 0 amide bonds. The van der Waals surface area contributed by atoms with Crippen LogP contribution in [0.5, 0.6) is 0 Å². The van der Waals surface area contributed by atoms with Crippen LogP contribution >= 0.6 is 0 Å². The number of rotatable bonds is 1. The van der Waals surface area contributed by atoms with Gasteiger partial charge >= 0.3 is 7.12 Å². The van der Waals surface area contributed by atoms with Gasteiger partial charge in [-0.25, -0.2) is 0 Å². The van der Waals surface area contributed by atoms with Crippen LogP contribution in [0.2, 0.25) is 0 Å². The Kier molecular flexibility index (Phi) is 2.75. The van der Waals surface area contributed by atoms with E-state index in [9.17, 15) is 0 Å². The molecule has 1 heterocycles. The Hall–Kier alpha value is -0.995. The first-order valence-corrected chi connectivity index (χ1v) is 5.95. The highest BCUT2D eigenvalue weighted by Gasteiger charge is 2.51. The summed E-state index contributed by atoms with van der Waals surface area (Å²) in [6, 6.07) is 5.93. The van der Waals surface area contributed by atoms with E-state index in [1.54, 1.807) is 0 Å². The molecule has 4 heteroatoms. The van der Waals surface area contributed by atoms with Crippen LogP contribution < -0.4 is 11.2 Å². The van der Waals surface area contributed by atoms with Crippen molar-refractivity contribution in [3.63, 3.8) is 0 Å². The van der Waals surface area contributed by atoms with Crippen LogP contribution in [-0.4, -0.2) is 18.3 Å². The van der Waals surface area contributed by atoms with E-state index in [-0.39, 0.29) is 19.7 Å². The molecule has 0 saturated carbocycles. The number of aryl methyl sites for hydroxylation is 1. The molecule has 1 fully saturated rings. The van der Waals surface area contributed by atoms with E-state index in [1.165, 1.54) is 0 Å². The molecule has 94 valence electrons. The van der Waals surface area contributed by atoms with Crippen LogP contribution in [0.25, 0.3) is 0 Å². The number of nitrogens with two attached hydrogens (primary N) is 1. The van der Waals surface area contributed by atoms with Crippen LogP contribution in [0.15, 0.2) is 18.2 Å². The van der Waals surface area contributed by atoms with Crippen molar-refractivity contribution < 1.29 is 10.7 Å². The molecule has 2 rings (SSSR count). The minimum absolute atomic E-state index is 0. The molecule has 1 aromatic carbocycles. The van der Waals surface area contributed by atoms with Crippen molar-refractivity contribution in [1.82, 2.24) is 0 Å². The van der Waals surface area contributed by atoms with Gasteiger partial charge in [-0.2, -0.15) is 0 Å². The molecule has 0 spiro atoms. The third kappa shape index (κ3) is 2.07. The summed E-state index contributed by atoms with van der Waals surface area (Å²) in [5, 5.41) is 0. The minimum atomic E-state index is -0.331. The second-order valence-electron chi connectivity index (χ2n) is 5.70. The average molecular weight is 235 g/mol. The zero-order valence-electron chi connectivity index (χ0n) is 11.2. The Morgan fingerprint density at radius 3 is 2.12 bits per heavy atom. The van der Waals surface area contributed by atoms with Crippen molar-refractivity contribution in [3.05, 3.63) is 23.8 Å². The van der Waals surface area contributed by atoms with Gasteiger partial charge in [-0.15, -0.1) is 0 Å². The lowest BCUT2D eigenvalue weighted by Gasteiger charge is -2.32. The van der Waals surface area contributed by atoms with Crippen molar-refractivity contribution >= 4 is 18.3 Å². The maximum atomic E-state index is 5.97. The molecule has 1 aliphatic heterocycles. The molecule has 0 aromatic heterocycles. The number of anilines is 1. The lowest BCUT2D eigenvalue weighted by molar-refractivity contribution is 0.00578. The SMILES string of the molecule is Cc1ccc(B2OC(C)(C)C(C)(C)O2)cc1N.[HH]. The Bertz CT molecular complexity index is 433. The summed E-state index contributed by atoms with van der Waals surface area (Å²) in [5.74, 6) is 0. The highest BCUT2D eigenvalue weighted by Crippen LogP contribution is 2.36. The summed E-state index contributed by atoms with van der Waals surface area (Å²) in [6.45, 7) is 10.2. The van der Waals surface area contributed by atoms with Crippen LogP contribution in [0.4, 0.5) is 5.69 Å². The van der Waals surface area contributed by atoms with E-state index in [1.807, 2.05) is 52.8 Å². The quantitative estimate of drug-likeness (QED) is 0.599. The number of nitrogen functional groups attached to an aromatic ring is 1. The van der Waals surface area contributed by atoms with Crippen molar-refractivity contribution in [1.29, 1.82) is 0 Å². The lowest BCUT2D eigenvalue weighted by Crippen LogP contribution is -2.41. The van der Waals surface area contributed by atoms with Crippen LogP contribution in [-0.2, 0) is 9.31 Å². The number of benzene rings is 1. The summed E-state index contributed by atoms with van der Waals surface area (Å²) in [6.07, 6.45) is 0. The van der Waals surface area contributed by atoms with E-state index in [2.05, 4.69) is 0 Å². The molecular formula is C13H22BNO2. The third-order valence-electron chi connectivity index (χ3n) is 3.83. The van der Waals surface area contributed by atoms with Gasteiger partial charge in [-0.1, -0.05) is 12.1 Å². The smallest absolute Gasteiger partial charge is 0.399 e. The maximum Gasteiger partial charge on any atom is 0.494 e. The molecule has 0 atom stereocenters. The van der Waals surface area contributed by atoms with Crippen molar-refractivity contribution in [2.75, 3.05) is 5.73 Å². The Morgan fingerprint density at radius 2 is 1.65 bits per heavy atom. The highest BCUT2D eigenvalue weighted by molar-refractivity contribution is 6.62. The lowest BCUT2D eigenvalue weighted by atomic mass is 9.78. The number of hydrogen-bond acceptors (Lipinski definition) is 3. The largest absolute Gasteiger partial charge is 0.494 e. The van der Waals surface area contributed by atoms with Crippen LogP contribution in [0.1, 0.15) is 34.7 Å². The first kappa shape index (κ1) is 12.5. The minimum Gasteiger partial charge on any atom is -0.399 e. The van der Waals surface area contributed by atoms with Crippen LogP contribution in [0, 0.1) is 6.92 Å². The molecule has 0 unspecified atom stereocenters. The second-order valence-corrected chi connectivity index (χ2v) is 5.70. The summed E-state index contributed by atoms with van der Waals surface area (Å²) >= 11 is 0. The summed E-state index contributed by atoms with van der Waals surface area (Å²) in [4.78, 5) is 0. The zero-order valence-corrected chi connectivity index (χ0v) is 11.2. The van der Waals surface area contributed by atoms with Crippen molar-refractivity contribution in [2.45, 2.75) is 45.8 Å². The van der Waals surface area contributed by atoms with Crippen LogP contribution in [0.3, 0.4) is 0 Å². The van der Waals surface area contributed by atoms with Crippen molar-refractivity contribution in [2.24, 2.45) is 0 Å². The fourth-order valence-electron chi connectivity index (χ4n) is 1.78. The Morgan fingerprint density at radius 1 is 1.12 bits per heavy atom. The van der Waals surface area contributed by atoms with Gasteiger partial charge < -0.3 is 15.0 Å². The molecule has 1 aliphatic rings. The molecule has 2 N–H and O–H groups in total. The van der Waals surface area contributed by atoms with Gasteiger partial charge in [0.05, 0.1) is 11.2 Å². The van der Waals surface area contributed by atoms with Gasteiger partial charge in [0, 0.05) is 7.11 Å². The molecule has 1 aromatic rings. The predicted octanol–water partition coefficient (Wildman–Crippen LogP) is 2.12. The standard InChI is InChI=1S/C13H20BNO2.H2/c1-9-6-7-10(8-11(9)15)14-16-12(2,3)13(4,5)17-14;/h6-8H,15H2,1-5H3;1H. The van der Waals surface area contributed by atoms with E-state index < -0.39 is 0 Å². The fraction of sp³-hybridized carbons (Fsp3) is 0.538. The van der Waals surface area contributed by atoms with E-state index in [0.29, 0.717) is 0 Å². The van der Waals surface area contributed by atoms with Crippen molar-refractivity contribution in [3.8, 4) is 0 Å². The van der Waals surface area contributed by atoms with Gasteiger partial charge in [0.25, 0.3) is 0 Å². The molecule has 1 saturated heterocycles. The molecular weight excluding hydrogens is 213 g/mol. The summed E-state index contributed by atoms with van der Waals surface area (Å²) < 4.78 is 11.9. The predicted molar refractivity (Wildman–Crippen MR) is 73.4 cm³/mol. The van der Waals surface area contributed by atoms with Gasteiger partial charge in [-0.3, -0.25) is 0 Å². The van der Waals surface area contributed by atoms with E-state index in [4.69, 9.17) is 15.0 Å². The summed E-state index contributed by atoms with van der Waals surface area (Å²) in [5.41, 5.74) is 8.12. The second kappa shape index (κ2) is 3.75. The normalized spacial score (nSPS) is 21.8. The molecule has 0 aliphatic carbocycles. The Labute approximate surface area is 105 Å². The molecule has 17 heavy (non-hydrogen) atoms. The maximum absolute atomic E-state index is 5.97. The van der Waals surface area contributed by atoms with Gasteiger partial charge in [-0.05, 0) is 51.7 Å². The average Bonchev–Trinajstić information content (AvgIpc) is 2.41. The summed E-state index contributed by atoms with van der Waals surface area (Å²) in [7, 11) is -0.331. The first-order chi connectivity index (χ1) is 7.73. The van der Waals surface area contributed by atoms with Gasteiger partial charge in [0.2, 0.25) is 0 Å². The first-order valence-electron chi connectivity index (χ1n) is 5.95. The molecule has 3 nitrogen and oxygen atoms in total. The highest BCUT2D eigenvalue weighted by atomic mass is 16.7. The zero-order chi connectivity index (χ0) is 12.8.